The minimum Gasteiger partial charge on any atom is -0.381 e. The van der Waals surface area contributed by atoms with E-state index < -0.39 is 0 Å². The maximum Gasteiger partial charge on any atom is 0.139 e. The fraction of sp³-hybridized carbons (Fsp3) is 0.462. The van der Waals surface area contributed by atoms with Gasteiger partial charge in [0.25, 0.3) is 0 Å². The molecular weight excluding hydrogens is 200 g/mol. The van der Waals surface area contributed by atoms with Gasteiger partial charge in [0.15, 0.2) is 0 Å². The number of benzene rings is 1. The smallest absolute Gasteiger partial charge is 0.139 e. The van der Waals surface area contributed by atoms with Crippen LogP contribution in [0.1, 0.15) is 30.9 Å². The first-order chi connectivity index (χ1) is 7.77. The molecule has 3 nitrogen and oxygen atoms in total. The van der Waals surface area contributed by atoms with Crippen molar-refractivity contribution in [1.29, 1.82) is 0 Å². The highest BCUT2D eigenvalue weighted by atomic mass is 16.1. The van der Waals surface area contributed by atoms with Crippen molar-refractivity contribution in [3.63, 3.8) is 0 Å². The van der Waals surface area contributed by atoms with Crippen LogP contribution in [-0.4, -0.2) is 11.8 Å². The Kier molecular flexibility index (Phi) is 2.21. The van der Waals surface area contributed by atoms with Crippen molar-refractivity contribution in [2.75, 3.05) is 5.32 Å². The summed E-state index contributed by atoms with van der Waals surface area (Å²) in [4.78, 5) is 11.9. The Morgan fingerprint density at radius 1 is 1.31 bits per heavy atom. The molecule has 0 bridgehead atoms. The van der Waals surface area contributed by atoms with Crippen LogP contribution in [0.5, 0.6) is 0 Å². The lowest BCUT2D eigenvalue weighted by molar-refractivity contribution is -0.125. The third-order valence-corrected chi connectivity index (χ3v) is 3.79. The second kappa shape index (κ2) is 3.59. The number of nitrogens with one attached hydrogen (secondary N) is 1. The summed E-state index contributed by atoms with van der Waals surface area (Å²) < 4.78 is 0. The quantitative estimate of drug-likeness (QED) is 0.696. The maximum absolute atomic E-state index is 11.9. The summed E-state index contributed by atoms with van der Waals surface area (Å²) in [5.41, 5.74) is 8.42. The molecule has 84 valence electrons. The molecule has 1 saturated carbocycles. The molecular formula is C13H16N2O. The molecule has 16 heavy (non-hydrogen) atoms. The van der Waals surface area contributed by atoms with Crippen molar-refractivity contribution in [3.05, 3.63) is 29.8 Å². The first-order valence-corrected chi connectivity index (χ1v) is 5.91. The lowest BCUT2D eigenvalue weighted by Crippen LogP contribution is -2.47. The third kappa shape index (κ3) is 1.35. The van der Waals surface area contributed by atoms with Crippen LogP contribution in [0, 0.1) is 5.92 Å². The number of carbonyl (C=O) groups excluding carboxylic acids is 1. The third-order valence-electron chi connectivity index (χ3n) is 3.79. The Hall–Kier alpha value is -1.35. The molecule has 1 aromatic rings. The lowest BCUT2D eigenvalue weighted by atomic mass is 9.74. The van der Waals surface area contributed by atoms with Gasteiger partial charge in [-0.25, -0.2) is 0 Å². The van der Waals surface area contributed by atoms with Gasteiger partial charge in [0.1, 0.15) is 5.78 Å². The number of anilines is 1. The number of hydrogen-bond donors (Lipinski definition) is 2. The van der Waals surface area contributed by atoms with Crippen LogP contribution in [0.2, 0.25) is 0 Å². The lowest BCUT2D eigenvalue weighted by Gasteiger charge is -2.40. The van der Waals surface area contributed by atoms with Crippen molar-refractivity contribution in [3.8, 4) is 0 Å². The largest absolute Gasteiger partial charge is 0.381 e. The summed E-state index contributed by atoms with van der Waals surface area (Å²) in [5, 5.41) is 3.46. The van der Waals surface area contributed by atoms with Gasteiger partial charge in [-0.3, -0.25) is 4.79 Å². The number of para-hydroxylation sites is 1. The van der Waals surface area contributed by atoms with Crippen molar-refractivity contribution in [1.82, 2.24) is 0 Å². The van der Waals surface area contributed by atoms with E-state index in [0.29, 0.717) is 12.2 Å². The zero-order valence-corrected chi connectivity index (χ0v) is 9.15. The summed E-state index contributed by atoms with van der Waals surface area (Å²) in [5.74, 6) is 0.300. The molecule has 0 aromatic heterocycles. The van der Waals surface area contributed by atoms with E-state index in [0.717, 1.165) is 24.1 Å². The Balaban J connectivity index is 2.03. The highest BCUT2D eigenvalue weighted by molar-refractivity contribution is 5.85. The predicted octanol–water partition coefficient (Wildman–Crippen LogP) is 1.85. The van der Waals surface area contributed by atoms with Crippen molar-refractivity contribution < 1.29 is 4.79 Å². The van der Waals surface area contributed by atoms with Crippen molar-refractivity contribution in [2.45, 2.75) is 31.3 Å². The van der Waals surface area contributed by atoms with Crippen LogP contribution in [-0.2, 0) is 4.79 Å². The van der Waals surface area contributed by atoms with E-state index >= 15 is 0 Å². The number of rotatable bonds is 0. The molecule has 0 amide bonds. The Bertz CT molecular complexity index is 430. The zero-order valence-electron chi connectivity index (χ0n) is 9.15. The first kappa shape index (κ1) is 9.85. The van der Waals surface area contributed by atoms with Gasteiger partial charge < -0.3 is 11.1 Å². The molecule has 3 unspecified atom stereocenters. The summed E-state index contributed by atoms with van der Waals surface area (Å²) in [6.45, 7) is 0. The van der Waals surface area contributed by atoms with Gasteiger partial charge in [0.05, 0.1) is 5.92 Å². The Morgan fingerprint density at radius 3 is 3.00 bits per heavy atom. The molecule has 0 radical (unpaired) electrons. The molecule has 1 heterocycles. The highest BCUT2D eigenvalue weighted by Gasteiger charge is 2.40. The molecule has 2 aliphatic rings. The van der Waals surface area contributed by atoms with Crippen LogP contribution in [0.3, 0.4) is 0 Å². The van der Waals surface area contributed by atoms with Gasteiger partial charge in [-0.15, -0.1) is 0 Å². The molecule has 0 saturated heterocycles. The fourth-order valence-corrected chi connectivity index (χ4v) is 2.99. The molecule has 1 aliphatic heterocycles. The molecule has 3 N–H and O–H groups in total. The minimum atomic E-state index is -0.129. The molecule has 1 aromatic carbocycles. The van der Waals surface area contributed by atoms with E-state index in [9.17, 15) is 4.79 Å². The molecule has 3 atom stereocenters. The van der Waals surface area contributed by atoms with E-state index in [4.69, 9.17) is 5.73 Å². The van der Waals surface area contributed by atoms with Gasteiger partial charge in [-0.1, -0.05) is 18.2 Å². The van der Waals surface area contributed by atoms with Crippen molar-refractivity contribution in [2.24, 2.45) is 11.7 Å². The molecule has 0 spiro atoms. The van der Waals surface area contributed by atoms with Crippen molar-refractivity contribution >= 4 is 11.5 Å². The Labute approximate surface area is 95.0 Å². The van der Waals surface area contributed by atoms with E-state index in [1.165, 1.54) is 0 Å². The molecule has 3 rings (SSSR count). The van der Waals surface area contributed by atoms with Gasteiger partial charge in [0.2, 0.25) is 0 Å². The summed E-state index contributed by atoms with van der Waals surface area (Å²) in [6, 6.07) is 8.16. The number of ketones is 1. The minimum absolute atomic E-state index is 0.0244. The Morgan fingerprint density at radius 2 is 2.12 bits per heavy atom. The maximum atomic E-state index is 11.9. The second-order valence-electron chi connectivity index (χ2n) is 4.75. The first-order valence-electron chi connectivity index (χ1n) is 5.91. The number of hydrogen-bond acceptors (Lipinski definition) is 3. The normalized spacial score (nSPS) is 32.6. The second-order valence-corrected chi connectivity index (χ2v) is 4.75. The van der Waals surface area contributed by atoms with E-state index in [1.807, 2.05) is 24.3 Å². The summed E-state index contributed by atoms with van der Waals surface area (Å²) in [6.07, 6.45) is 2.74. The average Bonchev–Trinajstić information content (AvgIpc) is 2.29. The van der Waals surface area contributed by atoms with E-state index in [2.05, 4.69) is 5.32 Å². The summed E-state index contributed by atoms with van der Waals surface area (Å²) in [7, 11) is 0. The van der Waals surface area contributed by atoms with E-state index in [-0.39, 0.29) is 18.0 Å². The van der Waals surface area contributed by atoms with Gasteiger partial charge in [0, 0.05) is 24.2 Å². The standard InChI is InChI=1S/C13H16N2O/c14-13-8-4-1-2-5-9(8)15-10-6-3-7-11(16)12(10)13/h1-2,4-5,10,12-13,15H,3,6-7,14H2. The SMILES string of the molecule is NC1c2ccccc2NC2CCCC(=O)C21. The van der Waals surface area contributed by atoms with Crippen LogP contribution in [0.15, 0.2) is 24.3 Å². The van der Waals surface area contributed by atoms with Crippen LogP contribution < -0.4 is 11.1 Å². The number of fused-ring (bicyclic) bond motifs is 2. The molecule has 1 fully saturated rings. The van der Waals surface area contributed by atoms with E-state index in [1.54, 1.807) is 0 Å². The summed E-state index contributed by atoms with van der Waals surface area (Å²) >= 11 is 0. The van der Waals surface area contributed by atoms with Crippen LogP contribution in [0.4, 0.5) is 5.69 Å². The number of nitrogens with two attached hydrogens (primary N) is 1. The predicted molar refractivity (Wildman–Crippen MR) is 63.1 cm³/mol. The molecule has 1 aliphatic carbocycles. The number of carbonyl (C=O) groups is 1. The zero-order chi connectivity index (χ0) is 11.1. The number of Topliss-reactive ketones (excluding diaryl/α,β-unsaturated/α-hetero) is 1. The van der Waals surface area contributed by atoms with Crippen LogP contribution in [0.25, 0.3) is 0 Å². The van der Waals surface area contributed by atoms with Crippen LogP contribution >= 0.6 is 0 Å². The van der Waals surface area contributed by atoms with Gasteiger partial charge >= 0.3 is 0 Å². The van der Waals surface area contributed by atoms with Gasteiger partial charge in [-0.2, -0.15) is 0 Å². The fourth-order valence-electron chi connectivity index (χ4n) is 2.99. The highest BCUT2D eigenvalue weighted by Crippen LogP contribution is 2.39. The molecule has 3 heteroatoms. The monoisotopic (exact) mass is 216 g/mol. The average molecular weight is 216 g/mol. The topological polar surface area (TPSA) is 55.1 Å². The van der Waals surface area contributed by atoms with Gasteiger partial charge in [-0.05, 0) is 24.5 Å².